The number of carbonyl (C=O) groups is 3. The van der Waals surface area contributed by atoms with Gasteiger partial charge < -0.3 is 19.8 Å². The monoisotopic (exact) mass is 615 g/mol. The van der Waals surface area contributed by atoms with E-state index in [1.54, 1.807) is 33.7 Å². The van der Waals surface area contributed by atoms with Gasteiger partial charge in [-0.1, -0.05) is 80.4 Å². The number of amides is 3. The molecule has 1 spiro atoms. The highest BCUT2D eigenvalue weighted by atomic mass is 32.2. The molecule has 8 heteroatoms. The zero-order valence-electron chi connectivity index (χ0n) is 25.9. The Balaban J connectivity index is 1.62. The van der Waals surface area contributed by atoms with Crippen molar-refractivity contribution in [2.45, 2.75) is 67.5 Å². The van der Waals surface area contributed by atoms with Gasteiger partial charge in [0.1, 0.15) is 6.04 Å². The van der Waals surface area contributed by atoms with E-state index in [1.807, 2.05) is 65.6 Å². The molecule has 2 aromatic carbocycles. The van der Waals surface area contributed by atoms with Crippen LogP contribution in [0, 0.1) is 11.8 Å². The van der Waals surface area contributed by atoms with Crippen LogP contribution in [-0.4, -0.2) is 74.4 Å². The summed E-state index contributed by atoms with van der Waals surface area (Å²) in [4.78, 5) is 49.5. The molecule has 3 aliphatic heterocycles. The van der Waals surface area contributed by atoms with Gasteiger partial charge in [-0.25, -0.2) is 0 Å². The molecule has 0 aliphatic carbocycles. The van der Waals surface area contributed by atoms with Crippen LogP contribution in [-0.2, 0) is 14.4 Å². The third-order valence-corrected chi connectivity index (χ3v) is 11.7. The number of benzene rings is 2. The number of carbonyl (C=O) groups excluding carboxylic acids is 3. The molecule has 2 aromatic rings. The van der Waals surface area contributed by atoms with Crippen LogP contribution >= 0.6 is 11.8 Å². The second-order valence-electron chi connectivity index (χ2n) is 12.4. The Bertz CT molecular complexity index is 1370. The number of aliphatic hydroxyl groups is 1. The van der Waals surface area contributed by atoms with Gasteiger partial charge in [-0.3, -0.25) is 14.4 Å². The molecule has 3 aliphatic rings. The second kappa shape index (κ2) is 13.3. The van der Waals surface area contributed by atoms with E-state index in [4.69, 9.17) is 0 Å². The van der Waals surface area contributed by atoms with E-state index in [0.29, 0.717) is 26.1 Å². The molecule has 2 unspecified atom stereocenters. The zero-order chi connectivity index (χ0) is 31.5. The number of unbranched alkanes of at least 4 members (excludes halogenated alkanes) is 2. The predicted molar refractivity (Wildman–Crippen MR) is 177 cm³/mol. The molecule has 3 amide bonds. The molecule has 0 radical (unpaired) electrons. The first kappa shape index (κ1) is 32.0. The fourth-order valence-electron chi connectivity index (χ4n) is 7.78. The summed E-state index contributed by atoms with van der Waals surface area (Å²) < 4.78 is -1.30. The Morgan fingerprint density at radius 3 is 2.30 bits per heavy atom. The molecule has 3 fully saturated rings. The maximum absolute atomic E-state index is 14.9. The lowest BCUT2D eigenvalue weighted by Crippen LogP contribution is -2.56. The number of likely N-dealkylation sites (tertiary alicyclic amines) is 1. The number of nitrogens with zero attached hydrogens (tertiary/aromatic N) is 3. The van der Waals surface area contributed by atoms with Crippen molar-refractivity contribution in [3.63, 3.8) is 0 Å². The highest BCUT2D eigenvalue weighted by molar-refractivity contribution is 8.02. The molecule has 6 atom stereocenters. The van der Waals surface area contributed by atoms with Crippen LogP contribution in [0.1, 0.15) is 57.6 Å². The normalized spacial score (nSPS) is 27.6. The second-order valence-corrected chi connectivity index (χ2v) is 14.3. The van der Waals surface area contributed by atoms with Gasteiger partial charge in [0.2, 0.25) is 17.7 Å². The first-order valence-corrected chi connectivity index (χ1v) is 16.6. The van der Waals surface area contributed by atoms with Crippen LogP contribution in [0.3, 0.4) is 0 Å². The quantitative estimate of drug-likeness (QED) is 0.220. The van der Waals surface area contributed by atoms with E-state index in [9.17, 15) is 19.5 Å². The van der Waals surface area contributed by atoms with Crippen LogP contribution in [0.5, 0.6) is 0 Å². The minimum atomic E-state index is -0.812. The van der Waals surface area contributed by atoms with Crippen molar-refractivity contribution < 1.29 is 19.5 Å². The van der Waals surface area contributed by atoms with Gasteiger partial charge in [0.05, 0.1) is 29.2 Å². The Kier molecular flexibility index (Phi) is 9.71. The van der Waals surface area contributed by atoms with Gasteiger partial charge >= 0.3 is 0 Å². The molecule has 1 N–H and O–H groups in total. The molecule has 5 rings (SSSR count). The van der Waals surface area contributed by atoms with E-state index in [-0.39, 0.29) is 24.3 Å². The lowest BCUT2D eigenvalue weighted by Gasteiger charge is -2.40. The van der Waals surface area contributed by atoms with Crippen LogP contribution in [0.25, 0.3) is 0 Å². The third kappa shape index (κ3) is 5.40. The van der Waals surface area contributed by atoms with Crippen molar-refractivity contribution in [3.8, 4) is 0 Å². The Morgan fingerprint density at radius 2 is 1.68 bits per heavy atom. The molecule has 0 saturated carbocycles. The van der Waals surface area contributed by atoms with Crippen molar-refractivity contribution >= 4 is 35.2 Å². The molecule has 44 heavy (non-hydrogen) atoms. The summed E-state index contributed by atoms with van der Waals surface area (Å²) in [6.07, 6.45) is 7.69. The van der Waals surface area contributed by atoms with Gasteiger partial charge in [-0.15, -0.1) is 24.9 Å². The molecular weight excluding hydrogens is 570 g/mol. The summed E-state index contributed by atoms with van der Waals surface area (Å²) in [5, 5.41) is 10.8. The van der Waals surface area contributed by atoms with Crippen molar-refractivity contribution in [2.75, 3.05) is 31.1 Å². The summed E-state index contributed by atoms with van der Waals surface area (Å²) in [6.45, 7) is 13.0. The highest BCUT2D eigenvalue weighted by Crippen LogP contribution is 2.72. The molecule has 234 valence electrons. The molecule has 2 bridgehead atoms. The van der Waals surface area contributed by atoms with Gasteiger partial charge in [-0.05, 0) is 43.9 Å². The lowest BCUT2D eigenvalue weighted by molar-refractivity contribution is -0.146. The molecular formula is C36H45N3O4S. The number of para-hydroxylation sites is 1. The zero-order valence-corrected chi connectivity index (χ0v) is 26.8. The molecule has 7 nitrogen and oxygen atoms in total. The van der Waals surface area contributed by atoms with E-state index < -0.39 is 33.4 Å². The maximum Gasteiger partial charge on any atom is 0.247 e. The van der Waals surface area contributed by atoms with E-state index >= 15 is 0 Å². The van der Waals surface area contributed by atoms with Crippen LogP contribution in [0.15, 0.2) is 86.0 Å². The number of rotatable bonds is 14. The summed E-state index contributed by atoms with van der Waals surface area (Å²) in [6, 6.07) is 17.4. The van der Waals surface area contributed by atoms with Crippen molar-refractivity contribution in [2.24, 2.45) is 11.8 Å². The largest absolute Gasteiger partial charge is 0.394 e. The number of hydrogen-bond donors (Lipinski definition) is 1. The molecule has 3 saturated heterocycles. The minimum absolute atomic E-state index is 0.120. The minimum Gasteiger partial charge on any atom is -0.394 e. The molecule has 3 heterocycles. The van der Waals surface area contributed by atoms with Gasteiger partial charge in [0.25, 0.3) is 0 Å². The SMILES string of the molecule is C=CCN(CCCCC)C(=O)C1N([C@H](CO)c2ccccc2)C(=O)[C@@H]2[C@H](C(=O)N(CC=C)c3ccccc3)[C@]3(C)CCC12S3. The predicted octanol–water partition coefficient (Wildman–Crippen LogP) is 5.63. The third-order valence-electron chi connectivity index (χ3n) is 9.75. The summed E-state index contributed by atoms with van der Waals surface area (Å²) >= 11 is 1.66. The van der Waals surface area contributed by atoms with Gasteiger partial charge in [0, 0.05) is 30.1 Å². The summed E-state index contributed by atoms with van der Waals surface area (Å²) in [7, 11) is 0. The first-order chi connectivity index (χ1) is 21.3. The fraction of sp³-hybridized carbons (Fsp3) is 0.472. The van der Waals surface area contributed by atoms with Crippen molar-refractivity contribution in [1.29, 1.82) is 0 Å². The fourth-order valence-corrected chi connectivity index (χ4v) is 10.1. The molecule has 0 aromatic heterocycles. The number of hydrogen-bond acceptors (Lipinski definition) is 5. The maximum atomic E-state index is 14.9. The Labute approximate surface area is 266 Å². The van der Waals surface area contributed by atoms with Crippen molar-refractivity contribution in [1.82, 2.24) is 9.80 Å². The number of anilines is 1. The topological polar surface area (TPSA) is 81.2 Å². The first-order valence-electron chi connectivity index (χ1n) is 15.8. The lowest BCUT2D eigenvalue weighted by atomic mass is 9.66. The van der Waals surface area contributed by atoms with Gasteiger partial charge in [-0.2, -0.15) is 0 Å². The number of fused-ring (bicyclic) bond motifs is 1. The average molecular weight is 616 g/mol. The van der Waals surface area contributed by atoms with Crippen LogP contribution < -0.4 is 4.90 Å². The van der Waals surface area contributed by atoms with Crippen LogP contribution in [0.4, 0.5) is 5.69 Å². The average Bonchev–Trinajstić information content (AvgIpc) is 3.61. The Morgan fingerprint density at radius 1 is 1.02 bits per heavy atom. The Hall–Kier alpha value is -3.36. The van der Waals surface area contributed by atoms with E-state index in [1.165, 1.54) is 0 Å². The summed E-state index contributed by atoms with van der Waals surface area (Å²) in [5.41, 5.74) is 1.52. The van der Waals surface area contributed by atoms with E-state index in [0.717, 1.165) is 36.9 Å². The smallest absolute Gasteiger partial charge is 0.247 e. The number of thioether (sulfide) groups is 1. The van der Waals surface area contributed by atoms with Gasteiger partial charge in [0.15, 0.2) is 0 Å². The van der Waals surface area contributed by atoms with E-state index in [2.05, 4.69) is 27.0 Å². The highest BCUT2D eigenvalue weighted by Gasteiger charge is 2.78. The number of aliphatic hydroxyl groups excluding tert-OH is 1. The van der Waals surface area contributed by atoms with Crippen LogP contribution in [0.2, 0.25) is 0 Å². The van der Waals surface area contributed by atoms with Crippen molar-refractivity contribution in [3.05, 3.63) is 91.5 Å². The summed E-state index contributed by atoms with van der Waals surface area (Å²) in [5.74, 6) is -1.79. The standard InChI is InChI=1S/C36H45N3O4S/c1-5-8-15-24-37(22-6-2)34(43)31-36-21-20-35(4,44-36)29(32(41)38(23-7-3)27-18-13-10-14-19-27)30(36)33(42)39(31)28(25-40)26-16-11-9-12-17-26/h6-7,9-14,16-19,28-31,40H,2-3,5,8,15,20-25H2,1,4H3/t28-,29-,30+,31?,35+,36?/m1/s1.